The van der Waals surface area contributed by atoms with Crippen molar-refractivity contribution in [3.05, 3.63) is 0 Å². The van der Waals surface area contributed by atoms with Crippen LogP contribution < -0.4 is 5.73 Å². The molecular weight excluding hydrogens is 128 g/mol. The number of piperidine rings is 1. The van der Waals surface area contributed by atoms with Crippen molar-refractivity contribution in [2.24, 2.45) is 5.73 Å². The van der Waals surface area contributed by atoms with Crippen LogP contribution in [0.15, 0.2) is 0 Å². The first-order valence-corrected chi connectivity index (χ1v) is 3.96. The highest BCUT2D eigenvalue weighted by molar-refractivity contribution is 4.56. The number of nitrogens with zero attached hydrogens (tertiary/aromatic N) is 1. The van der Waals surface area contributed by atoms with Gasteiger partial charge in [0.2, 0.25) is 0 Å². The summed E-state index contributed by atoms with van der Waals surface area (Å²) in [4.78, 5) is 5.30. The summed E-state index contributed by atoms with van der Waals surface area (Å²) in [6.07, 6.45) is 3.66. The average Bonchev–Trinajstić information content (AvgIpc) is 1.88. The van der Waals surface area contributed by atoms with Crippen LogP contribution in [-0.4, -0.2) is 24.4 Å². The van der Waals surface area contributed by atoms with Gasteiger partial charge in [-0.3, -0.25) is 4.84 Å². The van der Waals surface area contributed by atoms with E-state index in [9.17, 15) is 0 Å². The van der Waals surface area contributed by atoms with Crippen LogP contribution in [0, 0.1) is 0 Å². The second kappa shape index (κ2) is 3.91. The molecule has 1 aliphatic heterocycles. The molecule has 0 aromatic carbocycles. The summed E-state index contributed by atoms with van der Waals surface area (Å²) in [6, 6.07) is 0. The van der Waals surface area contributed by atoms with E-state index in [4.69, 9.17) is 10.6 Å². The van der Waals surface area contributed by atoms with Crippen LogP contribution in [0.25, 0.3) is 0 Å². The Kier molecular flexibility index (Phi) is 3.12. The van der Waals surface area contributed by atoms with Gasteiger partial charge in [0, 0.05) is 13.1 Å². The first kappa shape index (κ1) is 7.98. The van der Waals surface area contributed by atoms with E-state index in [1.807, 2.05) is 12.0 Å². The molecule has 10 heavy (non-hydrogen) atoms. The smallest absolute Gasteiger partial charge is 0.124 e. The summed E-state index contributed by atoms with van der Waals surface area (Å²) in [5.74, 6) is 0. The van der Waals surface area contributed by atoms with Crippen molar-refractivity contribution in [3.63, 3.8) is 0 Å². The number of rotatable bonds is 2. The van der Waals surface area contributed by atoms with Crippen molar-refractivity contribution in [2.45, 2.75) is 32.4 Å². The molecule has 0 spiro atoms. The van der Waals surface area contributed by atoms with Gasteiger partial charge in [-0.2, -0.15) is 5.06 Å². The van der Waals surface area contributed by atoms with Gasteiger partial charge in [0.25, 0.3) is 0 Å². The number of hydroxylamine groups is 2. The number of hydrogen-bond donors (Lipinski definition) is 1. The third kappa shape index (κ3) is 2.64. The van der Waals surface area contributed by atoms with Crippen molar-refractivity contribution in [2.75, 3.05) is 13.1 Å². The lowest BCUT2D eigenvalue weighted by molar-refractivity contribution is -0.198. The van der Waals surface area contributed by atoms with Crippen LogP contribution in [-0.2, 0) is 4.84 Å². The number of hydrogen-bond acceptors (Lipinski definition) is 3. The van der Waals surface area contributed by atoms with Gasteiger partial charge in [-0.05, 0) is 19.8 Å². The monoisotopic (exact) mass is 144 g/mol. The zero-order valence-corrected chi connectivity index (χ0v) is 6.55. The highest BCUT2D eigenvalue weighted by atomic mass is 16.7. The summed E-state index contributed by atoms with van der Waals surface area (Å²) >= 11 is 0. The normalized spacial score (nSPS) is 24.6. The van der Waals surface area contributed by atoms with E-state index in [1.165, 1.54) is 19.3 Å². The molecule has 1 atom stereocenters. The Morgan fingerprint density at radius 1 is 1.30 bits per heavy atom. The van der Waals surface area contributed by atoms with E-state index in [0.717, 1.165) is 13.1 Å². The Labute approximate surface area is 62.1 Å². The predicted molar refractivity (Wildman–Crippen MR) is 40.2 cm³/mol. The zero-order valence-electron chi connectivity index (χ0n) is 6.55. The van der Waals surface area contributed by atoms with E-state index < -0.39 is 0 Å². The van der Waals surface area contributed by atoms with Crippen LogP contribution >= 0.6 is 0 Å². The van der Waals surface area contributed by atoms with E-state index in [0.29, 0.717) is 0 Å². The Morgan fingerprint density at radius 2 is 1.90 bits per heavy atom. The van der Waals surface area contributed by atoms with E-state index in [2.05, 4.69) is 0 Å². The second-order valence-corrected chi connectivity index (χ2v) is 2.80. The third-order valence-corrected chi connectivity index (χ3v) is 1.63. The van der Waals surface area contributed by atoms with Crippen LogP contribution in [0.4, 0.5) is 0 Å². The van der Waals surface area contributed by atoms with E-state index in [-0.39, 0.29) is 6.23 Å². The highest BCUT2D eigenvalue weighted by Crippen LogP contribution is 2.08. The van der Waals surface area contributed by atoms with Crippen LogP contribution in [0.2, 0.25) is 0 Å². The first-order valence-electron chi connectivity index (χ1n) is 3.96. The molecule has 0 bridgehead atoms. The molecule has 0 aromatic rings. The van der Waals surface area contributed by atoms with Gasteiger partial charge in [-0.15, -0.1) is 0 Å². The Bertz CT molecular complexity index is 89.6. The molecule has 1 saturated heterocycles. The topological polar surface area (TPSA) is 38.5 Å². The lowest BCUT2D eigenvalue weighted by atomic mass is 10.2. The van der Waals surface area contributed by atoms with Crippen LogP contribution in [0.1, 0.15) is 26.2 Å². The maximum atomic E-state index is 5.46. The molecule has 0 radical (unpaired) electrons. The standard InChI is InChI=1S/C7H16N2O/c1-7(8)10-9-5-3-2-4-6-9/h7H,2-6,8H2,1H3/t7-/m1/s1. The predicted octanol–water partition coefficient (Wildman–Crippen LogP) is 0.709. The van der Waals surface area contributed by atoms with E-state index >= 15 is 0 Å². The molecule has 0 saturated carbocycles. The third-order valence-electron chi connectivity index (χ3n) is 1.63. The van der Waals surface area contributed by atoms with Gasteiger partial charge in [0.15, 0.2) is 0 Å². The molecule has 1 heterocycles. The van der Waals surface area contributed by atoms with Gasteiger partial charge >= 0.3 is 0 Å². The molecule has 3 nitrogen and oxygen atoms in total. The summed E-state index contributed by atoms with van der Waals surface area (Å²) in [5.41, 5.74) is 5.46. The van der Waals surface area contributed by atoms with Crippen molar-refractivity contribution < 1.29 is 4.84 Å². The van der Waals surface area contributed by atoms with Crippen molar-refractivity contribution >= 4 is 0 Å². The van der Waals surface area contributed by atoms with Crippen molar-refractivity contribution in [1.82, 2.24) is 5.06 Å². The Hall–Kier alpha value is -0.120. The van der Waals surface area contributed by atoms with Crippen molar-refractivity contribution in [1.29, 1.82) is 0 Å². The fourth-order valence-corrected chi connectivity index (χ4v) is 1.21. The maximum Gasteiger partial charge on any atom is 0.124 e. The molecule has 1 rings (SSSR count). The van der Waals surface area contributed by atoms with Crippen LogP contribution in [0.3, 0.4) is 0 Å². The minimum Gasteiger partial charge on any atom is -0.305 e. The van der Waals surface area contributed by atoms with Crippen molar-refractivity contribution in [3.8, 4) is 0 Å². The maximum absolute atomic E-state index is 5.46. The van der Waals surface area contributed by atoms with Gasteiger partial charge in [0.1, 0.15) is 6.23 Å². The average molecular weight is 144 g/mol. The molecule has 60 valence electrons. The van der Waals surface area contributed by atoms with Crippen LogP contribution in [0.5, 0.6) is 0 Å². The summed E-state index contributed by atoms with van der Waals surface area (Å²) < 4.78 is 0. The minimum atomic E-state index is -0.155. The van der Waals surface area contributed by atoms with Gasteiger partial charge < -0.3 is 5.73 Å². The molecular formula is C7H16N2O. The SMILES string of the molecule is C[C@H](N)ON1CCCCC1. The molecule has 1 aliphatic rings. The summed E-state index contributed by atoms with van der Waals surface area (Å²) in [7, 11) is 0. The molecule has 0 unspecified atom stereocenters. The first-order chi connectivity index (χ1) is 4.79. The quantitative estimate of drug-likeness (QED) is 0.580. The second-order valence-electron chi connectivity index (χ2n) is 2.80. The molecule has 3 heteroatoms. The lowest BCUT2D eigenvalue weighted by Gasteiger charge is -2.26. The fourth-order valence-electron chi connectivity index (χ4n) is 1.21. The molecule has 0 aliphatic carbocycles. The molecule has 2 N–H and O–H groups in total. The zero-order chi connectivity index (χ0) is 7.40. The largest absolute Gasteiger partial charge is 0.305 e. The highest BCUT2D eigenvalue weighted by Gasteiger charge is 2.11. The molecule has 0 aromatic heterocycles. The minimum absolute atomic E-state index is 0.155. The molecule has 0 amide bonds. The summed E-state index contributed by atoms with van der Waals surface area (Å²) in [5, 5.41) is 1.97. The van der Waals surface area contributed by atoms with Gasteiger partial charge in [-0.1, -0.05) is 6.42 Å². The lowest BCUT2D eigenvalue weighted by Crippen LogP contribution is -2.36. The summed E-state index contributed by atoms with van der Waals surface area (Å²) in [6.45, 7) is 3.94. The van der Waals surface area contributed by atoms with E-state index in [1.54, 1.807) is 0 Å². The Morgan fingerprint density at radius 3 is 2.40 bits per heavy atom. The fraction of sp³-hybridized carbons (Fsp3) is 1.00. The number of nitrogens with two attached hydrogens (primary N) is 1. The Balaban J connectivity index is 2.13. The molecule has 1 fully saturated rings. The van der Waals surface area contributed by atoms with Gasteiger partial charge in [-0.25, -0.2) is 0 Å². The van der Waals surface area contributed by atoms with Gasteiger partial charge in [0.05, 0.1) is 0 Å².